The third kappa shape index (κ3) is 1.40. The molecule has 0 saturated heterocycles. The number of H-pyrrole nitrogens is 1. The first-order chi connectivity index (χ1) is 8.93. The summed E-state index contributed by atoms with van der Waals surface area (Å²) in [7, 11) is 0. The number of aromatic amines is 1. The zero-order valence-electron chi connectivity index (χ0n) is 9.68. The number of fused-ring (bicyclic) bond motifs is 3. The van der Waals surface area contributed by atoms with Crippen molar-refractivity contribution in [3.63, 3.8) is 0 Å². The van der Waals surface area contributed by atoms with Gasteiger partial charge in [0.05, 0.1) is 0 Å². The second-order valence-corrected chi connectivity index (χ2v) is 6.24. The number of benzene rings is 2. The van der Waals surface area contributed by atoms with Gasteiger partial charge in [-0.15, -0.1) is 0 Å². The summed E-state index contributed by atoms with van der Waals surface area (Å²) in [5, 5.41) is 2.76. The van der Waals surface area contributed by atoms with E-state index in [0.717, 1.165) is 0 Å². The van der Waals surface area contributed by atoms with Crippen molar-refractivity contribution in [2.45, 2.75) is 0 Å². The van der Waals surface area contributed by atoms with Crippen LogP contribution in [0.5, 0.6) is 0 Å². The van der Waals surface area contributed by atoms with Gasteiger partial charge in [0, 0.05) is 0 Å². The van der Waals surface area contributed by atoms with E-state index in [4.69, 9.17) is 0 Å². The van der Waals surface area contributed by atoms with Crippen LogP contribution in [0.2, 0.25) is 0 Å². The molecule has 4 rings (SSSR count). The molecule has 0 aliphatic carbocycles. The van der Waals surface area contributed by atoms with Gasteiger partial charge in [0.15, 0.2) is 0 Å². The van der Waals surface area contributed by atoms with Gasteiger partial charge in [0.1, 0.15) is 0 Å². The van der Waals surface area contributed by atoms with E-state index >= 15 is 0 Å². The van der Waals surface area contributed by atoms with E-state index < -0.39 is 0 Å². The van der Waals surface area contributed by atoms with Crippen molar-refractivity contribution in [1.29, 1.82) is 0 Å². The number of hydrogen-bond donors (Lipinski definition) is 1. The second-order valence-electron chi connectivity index (χ2n) is 4.39. The van der Waals surface area contributed by atoms with E-state index in [0.29, 0.717) is 14.5 Å². The van der Waals surface area contributed by atoms with Crippen LogP contribution >= 0.6 is 0 Å². The molecule has 0 aliphatic rings. The number of hydrogen-bond acceptors (Lipinski definition) is 0. The second kappa shape index (κ2) is 3.87. The summed E-state index contributed by atoms with van der Waals surface area (Å²) >= 11 is 0.437. The van der Waals surface area contributed by atoms with Crippen LogP contribution in [0.4, 0.5) is 0 Å². The molecule has 0 aliphatic heterocycles. The maximum absolute atomic E-state index is 3.52. The standard InChI is InChI=1S/C16H11NSe/c1-2-6-11(7-3-1)16-15-12-8-4-5-9-13(12)17-14(15)10-18-16/h1-10,17H. The Morgan fingerprint density at radius 3 is 2.44 bits per heavy atom. The van der Waals surface area contributed by atoms with Gasteiger partial charge < -0.3 is 0 Å². The minimum absolute atomic E-state index is 0.437. The average molecular weight is 296 g/mol. The van der Waals surface area contributed by atoms with Crippen molar-refractivity contribution in [2.75, 3.05) is 0 Å². The summed E-state index contributed by atoms with van der Waals surface area (Å²) in [6.45, 7) is 0. The fourth-order valence-electron chi connectivity index (χ4n) is 2.47. The third-order valence-electron chi connectivity index (χ3n) is 3.29. The number of aromatic nitrogens is 1. The van der Waals surface area contributed by atoms with Crippen LogP contribution in [-0.4, -0.2) is 19.5 Å². The topological polar surface area (TPSA) is 15.8 Å². The van der Waals surface area contributed by atoms with Crippen LogP contribution in [0.25, 0.3) is 31.8 Å². The molecule has 0 radical (unpaired) electrons. The first-order valence-electron chi connectivity index (χ1n) is 5.97. The summed E-state index contributed by atoms with van der Waals surface area (Å²) < 4.78 is 1.50. The molecule has 0 bridgehead atoms. The molecule has 4 aromatic rings. The molecule has 2 aromatic heterocycles. The Bertz CT molecular complexity index is 824. The van der Waals surface area contributed by atoms with Gasteiger partial charge >= 0.3 is 111 Å². The molecule has 86 valence electrons. The molecule has 0 fully saturated rings. The first kappa shape index (κ1) is 10.2. The van der Waals surface area contributed by atoms with Crippen LogP contribution in [-0.2, 0) is 0 Å². The molecular weight excluding hydrogens is 285 g/mol. The van der Waals surface area contributed by atoms with Gasteiger partial charge in [-0.2, -0.15) is 0 Å². The monoisotopic (exact) mass is 297 g/mol. The molecule has 1 nitrogen and oxygen atoms in total. The number of rotatable bonds is 1. The Morgan fingerprint density at radius 2 is 1.56 bits per heavy atom. The molecule has 18 heavy (non-hydrogen) atoms. The number of nitrogens with one attached hydrogen (secondary N) is 1. The van der Waals surface area contributed by atoms with Crippen molar-refractivity contribution in [3.05, 3.63) is 59.5 Å². The minimum atomic E-state index is 0.437. The molecular formula is C16H11NSe. The van der Waals surface area contributed by atoms with Crippen molar-refractivity contribution in [1.82, 2.24) is 4.98 Å². The van der Waals surface area contributed by atoms with Gasteiger partial charge in [-0.1, -0.05) is 0 Å². The van der Waals surface area contributed by atoms with Gasteiger partial charge in [-0.3, -0.25) is 0 Å². The van der Waals surface area contributed by atoms with E-state index in [1.807, 2.05) is 0 Å². The first-order valence-corrected chi connectivity index (χ1v) is 7.81. The molecule has 2 aromatic carbocycles. The Kier molecular flexibility index (Phi) is 2.19. The molecule has 0 spiro atoms. The molecule has 1 N–H and O–H groups in total. The number of para-hydroxylation sites is 1. The van der Waals surface area contributed by atoms with Gasteiger partial charge in [0.25, 0.3) is 0 Å². The van der Waals surface area contributed by atoms with Crippen molar-refractivity contribution in [2.24, 2.45) is 0 Å². The SMILES string of the molecule is c1ccc(-c2[se]cc3[nH]c4ccccc4c23)cc1. The predicted octanol–water partition coefficient (Wildman–Crippen LogP) is 4.05. The zero-order chi connectivity index (χ0) is 11.9. The normalized spacial score (nSPS) is 11.3. The molecule has 2 heteroatoms. The molecule has 0 amide bonds. The molecule has 2 heterocycles. The van der Waals surface area contributed by atoms with Gasteiger partial charge in [-0.05, 0) is 0 Å². The van der Waals surface area contributed by atoms with E-state index in [9.17, 15) is 0 Å². The van der Waals surface area contributed by atoms with E-state index in [2.05, 4.69) is 64.5 Å². The van der Waals surface area contributed by atoms with Crippen LogP contribution < -0.4 is 0 Å². The summed E-state index contributed by atoms with van der Waals surface area (Å²) in [6.07, 6.45) is 0. The summed E-state index contributed by atoms with van der Waals surface area (Å²) in [6, 6.07) is 19.3. The van der Waals surface area contributed by atoms with E-state index in [1.165, 1.54) is 31.8 Å². The Balaban J connectivity index is 2.13. The van der Waals surface area contributed by atoms with Crippen LogP contribution in [0.3, 0.4) is 0 Å². The molecule has 0 unspecified atom stereocenters. The van der Waals surface area contributed by atoms with Gasteiger partial charge in [0.2, 0.25) is 0 Å². The quantitative estimate of drug-likeness (QED) is 0.510. The fourth-order valence-corrected chi connectivity index (χ4v) is 4.62. The average Bonchev–Trinajstić information content (AvgIpc) is 2.98. The van der Waals surface area contributed by atoms with E-state index in [1.54, 1.807) is 0 Å². The van der Waals surface area contributed by atoms with Crippen LogP contribution in [0.15, 0.2) is 59.5 Å². The summed E-state index contributed by atoms with van der Waals surface area (Å²) in [5.41, 5.74) is 3.90. The summed E-state index contributed by atoms with van der Waals surface area (Å²) in [5.74, 6) is 0. The maximum atomic E-state index is 3.52. The Morgan fingerprint density at radius 1 is 0.778 bits per heavy atom. The molecule has 0 saturated carbocycles. The molecule has 0 atom stereocenters. The van der Waals surface area contributed by atoms with Crippen molar-refractivity contribution in [3.8, 4) is 10.0 Å². The predicted molar refractivity (Wildman–Crippen MR) is 78.2 cm³/mol. The Hall–Kier alpha value is -1.76. The van der Waals surface area contributed by atoms with E-state index in [-0.39, 0.29) is 0 Å². The van der Waals surface area contributed by atoms with Crippen LogP contribution in [0, 0.1) is 0 Å². The zero-order valence-corrected chi connectivity index (χ0v) is 11.4. The Labute approximate surface area is 111 Å². The fraction of sp³-hybridized carbons (Fsp3) is 0. The third-order valence-corrected chi connectivity index (χ3v) is 5.45. The van der Waals surface area contributed by atoms with Crippen molar-refractivity contribution >= 4 is 36.3 Å². The van der Waals surface area contributed by atoms with Crippen molar-refractivity contribution < 1.29 is 0 Å². The summed E-state index contributed by atoms with van der Waals surface area (Å²) in [4.78, 5) is 5.87. The van der Waals surface area contributed by atoms with Gasteiger partial charge in [-0.25, -0.2) is 0 Å². The van der Waals surface area contributed by atoms with Crippen LogP contribution in [0.1, 0.15) is 0 Å².